The largest absolute Gasteiger partial charge is 0.432 e. The third-order valence-electron chi connectivity index (χ3n) is 4.04. The number of carbonyl (C=O) groups is 1. The first kappa shape index (κ1) is 19.1. The van der Waals surface area contributed by atoms with Crippen LogP contribution in [-0.4, -0.2) is 12.3 Å². The molecular formula is C22H21O4P. The first-order valence-electron chi connectivity index (χ1n) is 8.79. The molecule has 5 heteroatoms. The number of hydrogen-bond acceptors (Lipinski definition) is 4. The molecule has 0 radical (unpaired) electrons. The van der Waals surface area contributed by atoms with Crippen molar-refractivity contribution in [3.05, 3.63) is 96.6 Å². The Morgan fingerprint density at radius 1 is 0.815 bits per heavy atom. The zero-order valence-corrected chi connectivity index (χ0v) is 15.9. The van der Waals surface area contributed by atoms with E-state index in [4.69, 9.17) is 9.26 Å². The Morgan fingerprint density at radius 3 is 1.70 bits per heavy atom. The van der Waals surface area contributed by atoms with E-state index in [1.165, 1.54) is 0 Å². The molecule has 0 saturated heterocycles. The summed E-state index contributed by atoms with van der Waals surface area (Å²) in [5.41, 5.74) is 0.425. The molecule has 0 heterocycles. The second kappa shape index (κ2) is 8.81. The van der Waals surface area contributed by atoms with Gasteiger partial charge >= 0.3 is 5.97 Å². The molecule has 0 aliphatic rings. The van der Waals surface area contributed by atoms with Crippen LogP contribution in [0, 0.1) is 0 Å². The summed E-state index contributed by atoms with van der Waals surface area (Å²) < 4.78 is 25.3. The van der Waals surface area contributed by atoms with Crippen molar-refractivity contribution in [2.75, 3.05) is 0 Å². The zero-order valence-electron chi connectivity index (χ0n) is 15.0. The van der Waals surface area contributed by atoms with Crippen molar-refractivity contribution in [3.63, 3.8) is 0 Å². The number of benzene rings is 3. The van der Waals surface area contributed by atoms with Crippen LogP contribution in [0.4, 0.5) is 0 Å². The molecule has 0 aromatic heterocycles. The molecule has 3 aromatic carbocycles. The van der Waals surface area contributed by atoms with Gasteiger partial charge in [0.1, 0.15) is 0 Å². The van der Waals surface area contributed by atoms with E-state index >= 15 is 0 Å². The lowest BCUT2D eigenvalue weighted by molar-refractivity contribution is -0.0463. The van der Waals surface area contributed by atoms with Crippen LogP contribution >= 0.6 is 7.37 Å². The van der Waals surface area contributed by atoms with E-state index in [1.807, 2.05) is 49.4 Å². The molecule has 0 aliphatic carbocycles. The third-order valence-corrected chi connectivity index (χ3v) is 6.53. The minimum atomic E-state index is -3.42. The van der Waals surface area contributed by atoms with E-state index in [9.17, 15) is 9.36 Å². The maximum absolute atomic E-state index is 13.9. The standard InChI is InChI=1S/C22H21O4P/c1-2-21(25-22(23)18-12-6-3-7-13-18)26-27(24,19-14-8-4-9-15-19)20-16-10-5-11-17-20/h3-17,21H,2H2,1H3. The van der Waals surface area contributed by atoms with Gasteiger partial charge in [-0.15, -0.1) is 0 Å². The molecule has 3 rings (SSSR count). The van der Waals surface area contributed by atoms with Crippen molar-refractivity contribution < 1.29 is 18.6 Å². The Labute approximate surface area is 159 Å². The molecule has 4 nitrogen and oxygen atoms in total. The minimum absolute atomic E-state index is 0.377. The van der Waals surface area contributed by atoms with Gasteiger partial charge in [0.25, 0.3) is 7.37 Å². The predicted molar refractivity (Wildman–Crippen MR) is 107 cm³/mol. The van der Waals surface area contributed by atoms with Crippen molar-refractivity contribution >= 4 is 23.9 Å². The van der Waals surface area contributed by atoms with Gasteiger partial charge in [-0.1, -0.05) is 61.5 Å². The summed E-state index contributed by atoms with van der Waals surface area (Å²) in [6, 6.07) is 26.7. The van der Waals surface area contributed by atoms with E-state index < -0.39 is 19.6 Å². The molecule has 0 N–H and O–H groups in total. The van der Waals surface area contributed by atoms with Gasteiger partial charge in [-0.25, -0.2) is 4.79 Å². The molecule has 0 fully saturated rings. The fourth-order valence-electron chi connectivity index (χ4n) is 2.63. The van der Waals surface area contributed by atoms with E-state index in [-0.39, 0.29) is 0 Å². The third kappa shape index (κ3) is 4.54. The van der Waals surface area contributed by atoms with Crippen LogP contribution in [0.25, 0.3) is 0 Å². The highest BCUT2D eigenvalue weighted by Crippen LogP contribution is 2.46. The van der Waals surface area contributed by atoms with Gasteiger partial charge in [0.2, 0.25) is 6.29 Å². The van der Waals surface area contributed by atoms with Crippen LogP contribution < -0.4 is 10.6 Å². The number of hydrogen-bond donors (Lipinski definition) is 0. The first-order valence-corrected chi connectivity index (χ1v) is 10.4. The average molecular weight is 380 g/mol. The van der Waals surface area contributed by atoms with Crippen LogP contribution in [-0.2, 0) is 13.8 Å². The molecule has 27 heavy (non-hydrogen) atoms. The number of carbonyl (C=O) groups excluding carboxylic acids is 1. The van der Waals surface area contributed by atoms with Crippen LogP contribution in [0.15, 0.2) is 91.0 Å². The Hall–Kier alpha value is -2.68. The monoisotopic (exact) mass is 380 g/mol. The Bertz CT molecular complexity index is 867. The summed E-state index contributed by atoms with van der Waals surface area (Å²) in [6.07, 6.45) is -0.550. The predicted octanol–water partition coefficient (Wildman–Crippen LogP) is 4.53. The van der Waals surface area contributed by atoms with Crippen LogP contribution in [0.2, 0.25) is 0 Å². The summed E-state index contributed by atoms with van der Waals surface area (Å²) in [7, 11) is -3.42. The molecule has 3 aromatic rings. The summed E-state index contributed by atoms with van der Waals surface area (Å²) in [5, 5.41) is 1.12. The smallest absolute Gasteiger partial charge is 0.340 e. The highest BCUT2D eigenvalue weighted by atomic mass is 31.2. The van der Waals surface area contributed by atoms with Gasteiger partial charge < -0.3 is 4.74 Å². The zero-order chi connectivity index (χ0) is 19.1. The van der Waals surface area contributed by atoms with Crippen molar-refractivity contribution in [1.29, 1.82) is 0 Å². The lowest BCUT2D eigenvalue weighted by atomic mass is 10.2. The second-order valence-corrected chi connectivity index (χ2v) is 8.28. The molecule has 0 aliphatic heterocycles. The molecule has 1 unspecified atom stereocenters. The Balaban J connectivity index is 1.89. The SMILES string of the molecule is CCC(OC(=O)c1ccccc1)OP(=O)(c1ccccc1)c1ccccc1. The van der Waals surface area contributed by atoms with Gasteiger partial charge in [0.05, 0.1) is 5.56 Å². The fourth-order valence-corrected chi connectivity index (χ4v) is 4.82. The molecule has 0 bridgehead atoms. The van der Waals surface area contributed by atoms with Gasteiger partial charge in [-0.05, 0) is 36.4 Å². The normalized spacial score (nSPS) is 12.3. The van der Waals surface area contributed by atoms with E-state index in [0.29, 0.717) is 22.6 Å². The lowest BCUT2D eigenvalue weighted by Gasteiger charge is -2.25. The summed E-state index contributed by atoms with van der Waals surface area (Å²) in [4.78, 5) is 12.4. The van der Waals surface area contributed by atoms with E-state index in [2.05, 4.69) is 0 Å². The van der Waals surface area contributed by atoms with Gasteiger partial charge in [-0.2, -0.15) is 0 Å². The van der Waals surface area contributed by atoms with Crippen molar-refractivity contribution in [2.45, 2.75) is 19.6 Å². The Kier molecular flexibility index (Phi) is 6.23. The fraction of sp³-hybridized carbons (Fsp3) is 0.136. The van der Waals surface area contributed by atoms with Gasteiger partial charge in [-0.3, -0.25) is 9.09 Å². The quantitative estimate of drug-likeness (QED) is 0.343. The highest BCUT2D eigenvalue weighted by molar-refractivity contribution is 7.74. The van der Waals surface area contributed by atoms with E-state index in [0.717, 1.165) is 0 Å². The minimum Gasteiger partial charge on any atom is -0.432 e. The number of rotatable bonds is 7. The molecule has 0 spiro atoms. The van der Waals surface area contributed by atoms with E-state index in [1.54, 1.807) is 48.5 Å². The van der Waals surface area contributed by atoms with Crippen molar-refractivity contribution in [3.8, 4) is 0 Å². The molecule has 0 amide bonds. The summed E-state index contributed by atoms with van der Waals surface area (Å²) in [6.45, 7) is 1.82. The maximum atomic E-state index is 13.9. The highest BCUT2D eigenvalue weighted by Gasteiger charge is 2.33. The topological polar surface area (TPSA) is 52.6 Å². The lowest BCUT2D eigenvalue weighted by Crippen LogP contribution is -2.26. The van der Waals surface area contributed by atoms with Crippen molar-refractivity contribution in [1.82, 2.24) is 0 Å². The van der Waals surface area contributed by atoms with Crippen LogP contribution in [0.1, 0.15) is 23.7 Å². The Morgan fingerprint density at radius 2 is 1.26 bits per heavy atom. The summed E-state index contributed by atoms with van der Waals surface area (Å²) >= 11 is 0. The summed E-state index contributed by atoms with van der Waals surface area (Å²) in [5.74, 6) is -0.505. The van der Waals surface area contributed by atoms with Crippen LogP contribution in [0.3, 0.4) is 0 Å². The number of ether oxygens (including phenoxy) is 1. The van der Waals surface area contributed by atoms with Crippen molar-refractivity contribution in [2.24, 2.45) is 0 Å². The van der Waals surface area contributed by atoms with Crippen LogP contribution in [0.5, 0.6) is 0 Å². The average Bonchev–Trinajstić information content (AvgIpc) is 2.75. The van der Waals surface area contributed by atoms with Gasteiger partial charge in [0, 0.05) is 17.0 Å². The molecule has 0 saturated carbocycles. The maximum Gasteiger partial charge on any atom is 0.340 e. The molecule has 1 atom stereocenters. The second-order valence-electron chi connectivity index (χ2n) is 5.94. The molecule has 138 valence electrons. The first-order chi connectivity index (χ1) is 13.1. The van der Waals surface area contributed by atoms with Gasteiger partial charge in [0.15, 0.2) is 0 Å². The number of esters is 1. The molecular weight excluding hydrogens is 359 g/mol.